The van der Waals surface area contributed by atoms with E-state index in [9.17, 15) is 0 Å². The molecule has 2 atom stereocenters. The third-order valence-corrected chi connectivity index (χ3v) is 5.18. The standard InChI is InChI=1S/C16H31N/c1-13(14-7-4-5-8-14)17-15-9-6-11-16(2,3)12-10-15/h13-15,17H,4-12H2,1-3H3/t13-,15?/m0/s1. The smallest absolute Gasteiger partial charge is 0.00698 e. The Balaban J connectivity index is 1.78. The fourth-order valence-corrected chi connectivity index (χ4v) is 3.79. The van der Waals surface area contributed by atoms with Crippen LogP contribution in [-0.2, 0) is 0 Å². The molecule has 2 saturated carbocycles. The second-order valence-electron chi connectivity index (χ2n) is 7.29. The molecule has 0 bridgehead atoms. The Kier molecular flexibility index (Phi) is 4.52. The van der Waals surface area contributed by atoms with Crippen molar-refractivity contribution >= 4 is 0 Å². The molecule has 0 radical (unpaired) electrons. The van der Waals surface area contributed by atoms with Gasteiger partial charge in [-0.05, 0) is 56.8 Å². The van der Waals surface area contributed by atoms with Crippen molar-refractivity contribution in [2.75, 3.05) is 0 Å². The molecule has 0 heterocycles. The van der Waals surface area contributed by atoms with Gasteiger partial charge in [0.25, 0.3) is 0 Å². The van der Waals surface area contributed by atoms with Gasteiger partial charge in [0.05, 0.1) is 0 Å². The van der Waals surface area contributed by atoms with E-state index in [0.717, 1.165) is 18.0 Å². The SMILES string of the molecule is C[C@H](NC1CCCC(C)(C)CC1)C1CCCC1. The summed E-state index contributed by atoms with van der Waals surface area (Å²) in [5.41, 5.74) is 0.590. The highest BCUT2D eigenvalue weighted by atomic mass is 15.0. The lowest BCUT2D eigenvalue weighted by Crippen LogP contribution is -2.40. The average Bonchev–Trinajstić information content (AvgIpc) is 2.73. The predicted octanol–water partition coefficient (Wildman–Crippen LogP) is 4.51. The lowest BCUT2D eigenvalue weighted by Gasteiger charge is -2.27. The number of nitrogens with one attached hydrogen (secondary N) is 1. The average molecular weight is 237 g/mol. The van der Waals surface area contributed by atoms with Crippen LogP contribution >= 0.6 is 0 Å². The predicted molar refractivity (Wildman–Crippen MR) is 75.2 cm³/mol. The zero-order valence-corrected chi connectivity index (χ0v) is 12.1. The summed E-state index contributed by atoms with van der Waals surface area (Å²) in [7, 11) is 0. The van der Waals surface area contributed by atoms with Gasteiger partial charge in [-0.15, -0.1) is 0 Å². The maximum absolute atomic E-state index is 3.94. The molecule has 1 heteroatoms. The molecule has 2 aliphatic rings. The first-order valence-corrected chi connectivity index (χ1v) is 7.83. The molecule has 1 N–H and O–H groups in total. The summed E-state index contributed by atoms with van der Waals surface area (Å²) < 4.78 is 0. The molecule has 2 fully saturated rings. The quantitative estimate of drug-likeness (QED) is 0.712. The van der Waals surface area contributed by atoms with Crippen LogP contribution in [0, 0.1) is 11.3 Å². The second kappa shape index (κ2) is 5.73. The van der Waals surface area contributed by atoms with Gasteiger partial charge < -0.3 is 5.32 Å². The lowest BCUT2D eigenvalue weighted by molar-refractivity contribution is 0.296. The first-order valence-electron chi connectivity index (χ1n) is 7.83. The number of hydrogen-bond acceptors (Lipinski definition) is 1. The van der Waals surface area contributed by atoms with Crippen LogP contribution in [0.2, 0.25) is 0 Å². The summed E-state index contributed by atoms with van der Waals surface area (Å²) >= 11 is 0. The summed E-state index contributed by atoms with van der Waals surface area (Å²) in [6.07, 6.45) is 12.9. The molecular weight excluding hydrogens is 206 g/mol. The minimum absolute atomic E-state index is 0.590. The molecule has 17 heavy (non-hydrogen) atoms. The summed E-state index contributed by atoms with van der Waals surface area (Å²) in [4.78, 5) is 0. The topological polar surface area (TPSA) is 12.0 Å². The first-order chi connectivity index (χ1) is 8.07. The molecule has 0 spiro atoms. The monoisotopic (exact) mass is 237 g/mol. The van der Waals surface area contributed by atoms with Crippen molar-refractivity contribution in [1.29, 1.82) is 0 Å². The fourth-order valence-electron chi connectivity index (χ4n) is 3.79. The number of hydrogen-bond donors (Lipinski definition) is 1. The van der Waals surface area contributed by atoms with Gasteiger partial charge in [-0.25, -0.2) is 0 Å². The zero-order chi connectivity index (χ0) is 12.3. The number of rotatable bonds is 3. The van der Waals surface area contributed by atoms with Crippen molar-refractivity contribution in [3.05, 3.63) is 0 Å². The normalized spacial score (nSPS) is 32.3. The van der Waals surface area contributed by atoms with Gasteiger partial charge in [0.2, 0.25) is 0 Å². The van der Waals surface area contributed by atoms with Crippen molar-refractivity contribution in [1.82, 2.24) is 5.32 Å². The summed E-state index contributed by atoms with van der Waals surface area (Å²) in [5, 5.41) is 3.94. The van der Waals surface area contributed by atoms with E-state index in [1.165, 1.54) is 57.8 Å². The minimum atomic E-state index is 0.590. The third-order valence-electron chi connectivity index (χ3n) is 5.18. The maximum atomic E-state index is 3.94. The Morgan fingerprint density at radius 3 is 2.35 bits per heavy atom. The largest absolute Gasteiger partial charge is 0.311 e. The van der Waals surface area contributed by atoms with Crippen LogP contribution < -0.4 is 5.32 Å². The molecule has 0 aromatic carbocycles. The molecule has 1 nitrogen and oxygen atoms in total. The fraction of sp³-hybridized carbons (Fsp3) is 1.00. The summed E-state index contributed by atoms with van der Waals surface area (Å²) in [5.74, 6) is 0.964. The van der Waals surface area contributed by atoms with Crippen LogP contribution in [-0.4, -0.2) is 12.1 Å². The molecule has 100 valence electrons. The zero-order valence-electron chi connectivity index (χ0n) is 12.1. The van der Waals surface area contributed by atoms with Gasteiger partial charge in [-0.1, -0.05) is 33.1 Å². The Labute approximate surface area is 108 Å². The van der Waals surface area contributed by atoms with Crippen LogP contribution in [0.4, 0.5) is 0 Å². The van der Waals surface area contributed by atoms with E-state index in [4.69, 9.17) is 0 Å². The van der Waals surface area contributed by atoms with E-state index >= 15 is 0 Å². The van der Waals surface area contributed by atoms with Crippen LogP contribution in [0.3, 0.4) is 0 Å². The van der Waals surface area contributed by atoms with Crippen molar-refractivity contribution in [3.8, 4) is 0 Å². The van der Waals surface area contributed by atoms with Gasteiger partial charge in [0.1, 0.15) is 0 Å². The third kappa shape index (κ3) is 3.98. The van der Waals surface area contributed by atoms with E-state index in [1.54, 1.807) is 0 Å². The molecule has 0 saturated heterocycles. The maximum Gasteiger partial charge on any atom is 0.00698 e. The van der Waals surface area contributed by atoms with Gasteiger partial charge in [-0.2, -0.15) is 0 Å². The Morgan fingerprint density at radius 2 is 1.65 bits per heavy atom. The molecule has 0 aromatic rings. The van der Waals surface area contributed by atoms with E-state index < -0.39 is 0 Å². The molecule has 0 aliphatic heterocycles. The minimum Gasteiger partial charge on any atom is -0.311 e. The Hall–Kier alpha value is -0.0400. The molecule has 0 amide bonds. The van der Waals surface area contributed by atoms with E-state index in [1.807, 2.05) is 0 Å². The highest BCUT2D eigenvalue weighted by Crippen LogP contribution is 2.34. The molecular formula is C16H31N. The molecule has 2 rings (SSSR count). The van der Waals surface area contributed by atoms with Gasteiger partial charge in [0.15, 0.2) is 0 Å². The summed E-state index contributed by atoms with van der Waals surface area (Å²) in [6.45, 7) is 7.30. The van der Waals surface area contributed by atoms with Gasteiger partial charge in [0, 0.05) is 12.1 Å². The van der Waals surface area contributed by atoms with Crippen molar-refractivity contribution < 1.29 is 0 Å². The highest BCUT2D eigenvalue weighted by molar-refractivity contribution is 4.84. The van der Waals surface area contributed by atoms with E-state index in [2.05, 4.69) is 26.1 Å². The first kappa shape index (κ1) is 13.4. The molecule has 1 unspecified atom stereocenters. The Morgan fingerprint density at radius 1 is 0.941 bits per heavy atom. The summed E-state index contributed by atoms with van der Waals surface area (Å²) in [6, 6.07) is 1.55. The van der Waals surface area contributed by atoms with Crippen LogP contribution in [0.25, 0.3) is 0 Å². The van der Waals surface area contributed by atoms with E-state index in [0.29, 0.717) is 5.41 Å². The Bertz CT molecular complexity index is 228. The lowest BCUT2D eigenvalue weighted by atomic mass is 9.85. The van der Waals surface area contributed by atoms with Crippen molar-refractivity contribution in [3.63, 3.8) is 0 Å². The van der Waals surface area contributed by atoms with E-state index in [-0.39, 0.29) is 0 Å². The second-order valence-corrected chi connectivity index (χ2v) is 7.29. The van der Waals surface area contributed by atoms with Crippen LogP contribution in [0.1, 0.15) is 78.6 Å². The van der Waals surface area contributed by atoms with Gasteiger partial charge >= 0.3 is 0 Å². The van der Waals surface area contributed by atoms with Crippen LogP contribution in [0.5, 0.6) is 0 Å². The van der Waals surface area contributed by atoms with Crippen molar-refractivity contribution in [2.45, 2.75) is 90.6 Å². The van der Waals surface area contributed by atoms with Crippen LogP contribution in [0.15, 0.2) is 0 Å². The highest BCUT2D eigenvalue weighted by Gasteiger charge is 2.27. The molecule has 2 aliphatic carbocycles. The molecule has 0 aromatic heterocycles. The van der Waals surface area contributed by atoms with Gasteiger partial charge in [-0.3, -0.25) is 0 Å². The van der Waals surface area contributed by atoms with Crippen molar-refractivity contribution in [2.24, 2.45) is 11.3 Å².